The molecule has 1 amide bonds. The van der Waals surface area contributed by atoms with Crippen LogP contribution in [-0.4, -0.2) is 37.5 Å². The molecule has 0 heterocycles. The van der Waals surface area contributed by atoms with Gasteiger partial charge in [-0.05, 0) is 55.3 Å². The fraction of sp³-hybridized carbons (Fsp3) is 0.263. The van der Waals surface area contributed by atoms with Gasteiger partial charge in [-0.3, -0.25) is 14.9 Å². The van der Waals surface area contributed by atoms with E-state index < -0.39 is 23.4 Å². The molecule has 0 atom stereocenters. The summed E-state index contributed by atoms with van der Waals surface area (Å²) >= 11 is 0. The van der Waals surface area contributed by atoms with E-state index in [4.69, 9.17) is 4.74 Å². The zero-order chi connectivity index (χ0) is 20.1. The lowest BCUT2D eigenvalue weighted by atomic mass is 10.1. The lowest BCUT2D eigenvalue weighted by molar-refractivity contribution is -0.384. The second-order valence-electron chi connectivity index (χ2n) is 6.28. The third-order valence-electron chi connectivity index (χ3n) is 4.04. The van der Waals surface area contributed by atoms with Crippen LogP contribution >= 0.6 is 0 Å². The van der Waals surface area contributed by atoms with Crippen molar-refractivity contribution in [2.75, 3.05) is 30.9 Å². The molecule has 0 bridgehead atoms. The van der Waals surface area contributed by atoms with E-state index >= 15 is 0 Å². The van der Waals surface area contributed by atoms with Crippen LogP contribution in [0.15, 0.2) is 36.4 Å². The Morgan fingerprint density at radius 1 is 1.11 bits per heavy atom. The predicted octanol–water partition coefficient (Wildman–Crippen LogP) is 3.07. The van der Waals surface area contributed by atoms with Crippen LogP contribution in [0.5, 0.6) is 0 Å². The van der Waals surface area contributed by atoms with Gasteiger partial charge >= 0.3 is 5.97 Å². The van der Waals surface area contributed by atoms with Crippen LogP contribution in [0.25, 0.3) is 0 Å². The van der Waals surface area contributed by atoms with E-state index in [1.165, 1.54) is 12.1 Å². The van der Waals surface area contributed by atoms with Gasteiger partial charge in [0.15, 0.2) is 6.61 Å². The lowest BCUT2D eigenvalue weighted by Gasteiger charge is -2.12. The first kappa shape index (κ1) is 19.9. The van der Waals surface area contributed by atoms with Crippen molar-refractivity contribution in [1.29, 1.82) is 0 Å². The zero-order valence-corrected chi connectivity index (χ0v) is 15.6. The first-order valence-electron chi connectivity index (χ1n) is 8.19. The number of carbonyl (C=O) groups excluding carboxylic acids is 2. The molecule has 0 aliphatic heterocycles. The zero-order valence-electron chi connectivity index (χ0n) is 15.6. The van der Waals surface area contributed by atoms with Crippen molar-refractivity contribution in [3.8, 4) is 0 Å². The van der Waals surface area contributed by atoms with Gasteiger partial charge in [-0.1, -0.05) is 0 Å². The maximum atomic E-state index is 12.0. The molecule has 0 spiro atoms. The Labute approximate surface area is 156 Å². The molecule has 2 aromatic rings. The van der Waals surface area contributed by atoms with Crippen molar-refractivity contribution in [3.63, 3.8) is 0 Å². The molecular formula is C19H21N3O5. The molecule has 0 aliphatic rings. The van der Waals surface area contributed by atoms with E-state index in [0.29, 0.717) is 5.56 Å². The Bertz CT molecular complexity index is 876. The van der Waals surface area contributed by atoms with Crippen LogP contribution in [0.3, 0.4) is 0 Å². The standard InChI is InChI=1S/C19H21N3O5/c1-12-9-16(17(22(25)26)10-13(12)2)20-18(23)11-27-19(24)14-5-7-15(8-6-14)21(3)4/h5-10H,11H2,1-4H3,(H,20,23). The van der Waals surface area contributed by atoms with Gasteiger partial charge in [-0.15, -0.1) is 0 Å². The number of amides is 1. The second-order valence-corrected chi connectivity index (χ2v) is 6.28. The number of aryl methyl sites for hydroxylation is 2. The number of hydrogen-bond acceptors (Lipinski definition) is 6. The van der Waals surface area contributed by atoms with Crippen LogP contribution in [0.4, 0.5) is 17.1 Å². The summed E-state index contributed by atoms with van der Waals surface area (Å²) in [6.45, 7) is 2.99. The number of nitro benzene ring substituents is 1. The molecule has 0 saturated carbocycles. The van der Waals surface area contributed by atoms with Crippen molar-refractivity contribution in [2.24, 2.45) is 0 Å². The molecule has 0 aromatic heterocycles. The highest BCUT2D eigenvalue weighted by atomic mass is 16.6. The van der Waals surface area contributed by atoms with E-state index in [1.807, 2.05) is 19.0 Å². The quantitative estimate of drug-likeness (QED) is 0.476. The Hall–Kier alpha value is -3.42. The number of benzene rings is 2. The maximum absolute atomic E-state index is 12.0. The molecule has 27 heavy (non-hydrogen) atoms. The number of rotatable bonds is 6. The number of carbonyl (C=O) groups is 2. The summed E-state index contributed by atoms with van der Waals surface area (Å²) in [7, 11) is 3.76. The second kappa shape index (κ2) is 8.31. The molecular weight excluding hydrogens is 350 g/mol. The van der Waals surface area contributed by atoms with E-state index in [-0.39, 0.29) is 11.4 Å². The smallest absolute Gasteiger partial charge is 0.338 e. The Kier molecular flexibility index (Phi) is 6.12. The maximum Gasteiger partial charge on any atom is 0.338 e. The Morgan fingerprint density at radius 3 is 2.26 bits per heavy atom. The first-order valence-corrected chi connectivity index (χ1v) is 8.19. The molecule has 0 aliphatic carbocycles. The summed E-state index contributed by atoms with van der Waals surface area (Å²) in [5.41, 5.74) is 2.63. The highest BCUT2D eigenvalue weighted by Gasteiger charge is 2.18. The number of nitrogens with one attached hydrogen (secondary N) is 1. The largest absolute Gasteiger partial charge is 0.452 e. The minimum Gasteiger partial charge on any atom is -0.452 e. The van der Waals surface area contributed by atoms with Gasteiger partial charge in [0.25, 0.3) is 11.6 Å². The van der Waals surface area contributed by atoms with E-state index in [1.54, 1.807) is 38.1 Å². The molecule has 8 heteroatoms. The lowest BCUT2D eigenvalue weighted by Crippen LogP contribution is -2.21. The molecule has 0 saturated heterocycles. The average Bonchev–Trinajstić information content (AvgIpc) is 2.62. The highest BCUT2D eigenvalue weighted by molar-refractivity contribution is 5.97. The molecule has 142 valence electrons. The summed E-state index contributed by atoms with van der Waals surface area (Å²) in [6.07, 6.45) is 0. The van der Waals surface area contributed by atoms with Crippen LogP contribution in [0.2, 0.25) is 0 Å². The fourth-order valence-electron chi connectivity index (χ4n) is 2.35. The van der Waals surface area contributed by atoms with Gasteiger partial charge in [-0.25, -0.2) is 4.79 Å². The summed E-state index contributed by atoms with van der Waals surface area (Å²) < 4.78 is 4.98. The number of nitro groups is 1. The monoisotopic (exact) mass is 371 g/mol. The number of esters is 1. The van der Waals surface area contributed by atoms with Crippen LogP contribution < -0.4 is 10.2 Å². The highest BCUT2D eigenvalue weighted by Crippen LogP contribution is 2.27. The minimum atomic E-state index is -0.653. The van der Waals surface area contributed by atoms with Gasteiger partial charge < -0.3 is 15.0 Å². The molecule has 2 aromatic carbocycles. The van der Waals surface area contributed by atoms with Gasteiger partial charge in [0.05, 0.1) is 10.5 Å². The van der Waals surface area contributed by atoms with Gasteiger partial charge in [-0.2, -0.15) is 0 Å². The third kappa shape index (κ3) is 5.04. The van der Waals surface area contributed by atoms with Gasteiger partial charge in [0.1, 0.15) is 5.69 Å². The normalized spacial score (nSPS) is 10.2. The van der Waals surface area contributed by atoms with Crippen LogP contribution in [0, 0.1) is 24.0 Å². The SMILES string of the molecule is Cc1cc(NC(=O)COC(=O)c2ccc(N(C)C)cc2)c([N+](=O)[O-])cc1C. The van der Waals surface area contributed by atoms with E-state index in [0.717, 1.165) is 16.8 Å². The molecule has 2 rings (SSSR count). The third-order valence-corrected chi connectivity index (χ3v) is 4.04. The van der Waals surface area contributed by atoms with Crippen molar-refractivity contribution in [3.05, 3.63) is 63.2 Å². The number of ether oxygens (including phenoxy) is 1. The van der Waals surface area contributed by atoms with Crippen molar-refractivity contribution >= 4 is 28.9 Å². The number of nitrogens with zero attached hydrogens (tertiary/aromatic N) is 2. The number of anilines is 2. The minimum absolute atomic E-state index is 0.0690. The Morgan fingerprint density at radius 2 is 1.70 bits per heavy atom. The van der Waals surface area contributed by atoms with Crippen molar-refractivity contribution in [2.45, 2.75) is 13.8 Å². The molecule has 0 radical (unpaired) electrons. The Balaban J connectivity index is 2.01. The average molecular weight is 371 g/mol. The van der Waals surface area contributed by atoms with Crippen LogP contribution in [0.1, 0.15) is 21.5 Å². The van der Waals surface area contributed by atoms with Crippen LogP contribution in [-0.2, 0) is 9.53 Å². The van der Waals surface area contributed by atoms with E-state index in [9.17, 15) is 19.7 Å². The fourth-order valence-corrected chi connectivity index (χ4v) is 2.35. The van der Waals surface area contributed by atoms with Crippen molar-refractivity contribution < 1.29 is 19.2 Å². The molecule has 1 N–H and O–H groups in total. The molecule has 8 nitrogen and oxygen atoms in total. The predicted molar refractivity (Wildman–Crippen MR) is 102 cm³/mol. The van der Waals surface area contributed by atoms with Gasteiger partial charge in [0, 0.05) is 25.8 Å². The summed E-state index contributed by atoms with van der Waals surface area (Å²) in [5, 5.41) is 13.6. The summed E-state index contributed by atoms with van der Waals surface area (Å²) in [5.74, 6) is -1.30. The molecule has 0 unspecified atom stereocenters. The van der Waals surface area contributed by atoms with E-state index in [2.05, 4.69) is 5.32 Å². The summed E-state index contributed by atoms with van der Waals surface area (Å²) in [4.78, 5) is 36.6. The first-order chi connectivity index (χ1) is 12.7. The molecule has 0 fully saturated rings. The van der Waals surface area contributed by atoms with Gasteiger partial charge in [0.2, 0.25) is 0 Å². The topological polar surface area (TPSA) is 102 Å². The summed E-state index contributed by atoms with van der Waals surface area (Å²) in [6, 6.07) is 9.63. The van der Waals surface area contributed by atoms with Crippen molar-refractivity contribution in [1.82, 2.24) is 0 Å². The number of hydrogen-bond donors (Lipinski definition) is 1.